The van der Waals surface area contributed by atoms with Crippen LogP contribution in [0, 0.1) is 6.92 Å². The summed E-state index contributed by atoms with van der Waals surface area (Å²) in [6.07, 6.45) is 2.89. The summed E-state index contributed by atoms with van der Waals surface area (Å²) < 4.78 is 9.03. The molecular weight excluding hydrogens is 259 g/mol. The van der Waals surface area contributed by atoms with Gasteiger partial charge in [-0.15, -0.1) is 0 Å². The van der Waals surface area contributed by atoms with E-state index >= 15 is 0 Å². The zero-order valence-corrected chi connectivity index (χ0v) is 12.9. The van der Waals surface area contributed by atoms with Crippen molar-refractivity contribution >= 4 is 5.65 Å². The van der Waals surface area contributed by atoms with Crippen molar-refractivity contribution < 1.29 is 52.8 Å². The fourth-order valence-electron chi connectivity index (χ4n) is 1.59. The van der Waals surface area contributed by atoms with Crippen molar-refractivity contribution in [3.05, 3.63) is 40.4 Å². The molecule has 0 aliphatic carbocycles. The Labute approximate surface area is 145 Å². The molecule has 3 aromatic rings. The first-order valence-corrected chi connectivity index (χ1v) is 4.85. The van der Waals surface area contributed by atoms with Gasteiger partial charge < -0.3 is 5.10 Å². The number of hydrogen-bond donors (Lipinski definition) is 0. The van der Waals surface area contributed by atoms with Gasteiger partial charge in [0, 0.05) is 18.2 Å². The predicted molar refractivity (Wildman–Crippen MR) is 58.3 cm³/mol. The number of hydrogen-bond acceptors (Lipinski definition) is 5. The Morgan fingerprint density at radius 3 is 3.06 bits per heavy atom. The van der Waals surface area contributed by atoms with Crippen LogP contribution in [0.5, 0.6) is 0 Å². The van der Waals surface area contributed by atoms with Gasteiger partial charge in [-0.1, -0.05) is 6.04 Å². The number of aromatic nitrogens is 6. The molecule has 0 aliphatic rings. The zero-order valence-electron chi connectivity index (χ0n) is 10.8. The van der Waals surface area contributed by atoms with Gasteiger partial charge in [0.25, 0.3) is 5.56 Å². The maximum absolute atomic E-state index is 12.2. The number of tetrazole rings is 1. The molecule has 0 aromatic carbocycles. The largest absolute Gasteiger partial charge is 1.00 e. The van der Waals surface area contributed by atoms with Crippen molar-refractivity contribution in [2.24, 2.45) is 0 Å². The second-order valence-electron chi connectivity index (χ2n) is 3.46. The minimum Gasteiger partial charge on any atom is -0.330 e. The molecule has 0 bridgehead atoms. The van der Waals surface area contributed by atoms with Crippen molar-refractivity contribution in [2.45, 2.75) is 6.92 Å². The van der Waals surface area contributed by atoms with Gasteiger partial charge in [0.05, 0.1) is 6.93 Å². The minimum atomic E-state index is -0.307. The van der Waals surface area contributed by atoms with E-state index in [4.69, 9.17) is 1.37 Å². The van der Waals surface area contributed by atoms with Crippen LogP contribution < -0.4 is 62.0 Å². The summed E-state index contributed by atoms with van der Waals surface area (Å²) in [5.74, 6) is 0.148. The molecule has 0 aliphatic heterocycles. The van der Waals surface area contributed by atoms with Crippen molar-refractivity contribution in [3.8, 4) is 11.4 Å². The van der Waals surface area contributed by atoms with E-state index in [1.165, 1.54) is 22.9 Å². The first-order chi connectivity index (χ1) is 8.68. The van der Waals surface area contributed by atoms with E-state index in [2.05, 4.69) is 25.6 Å². The van der Waals surface area contributed by atoms with E-state index < -0.39 is 0 Å². The number of aryl methyl sites for hydroxylation is 1. The molecule has 3 aromatic heterocycles. The third kappa shape index (κ3) is 2.17. The summed E-state index contributed by atoms with van der Waals surface area (Å²) >= 11 is 0. The molecule has 0 unspecified atom stereocenters. The first kappa shape index (κ1) is 12.1. The Bertz CT molecular complexity index is 785. The molecule has 0 amide bonds. The second kappa shape index (κ2) is 5.37. The van der Waals surface area contributed by atoms with Crippen molar-refractivity contribution in [2.75, 3.05) is 0 Å². The van der Waals surface area contributed by atoms with Gasteiger partial charge in [-0.25, -0.2) is 4.98 Å². The standard InChI is InChI=1S/C10H7N6O.K/c1-6-3-2-4-16-9(6)11-5-7(10(16)17)8-12-14-15-13-8;/h2-5H,1H3;/q-1;+1/i3D;. The van der Waals surface area contributed by atoms with Crippen molar-refractivity contribution in [3.63, 3.8) is 0 Å². The number of rotatable bonds is 1. The van der Waals surface area contributed by atoms with Gasteiger partial charge in [0.1, 0.15) is 5.65 Å². The van der Waals surface area contributed by atoms with Crippen molar-refractivity contribution in [1.29, 1.82) is 0 Å². The molecule has 7 nitrogen and oxygen atoms in total. The van der Waals surface area contributed by atoms with E-state index in [1.54, 1.807) is 6.92 Å². The molecule has 3 rings (SSSR count). The molecule has 0 radical (unpaired) electrons. The van der Waals surface area contributed by atoms with Gasteiger partial charge in [0.2, 0.25) is 0 Å². The maximum Gasteiger partial charge on any atom is 1.00 e. The van der Waals surface area contributed by atoms with E-state index in [0.717, 1.165) is 0 Å². The van der Waals surface area contributed by atoms with Crippen LogP contribution in [0.3, 0.4) is 0 Å². The summed E-state index contributed by atoms with van der Waals surface area (Å²) in [5, 5.41) is 13.9. The quantitative estimate of drug-likeness (QED) is 0.432. The molecule has 8 heteroatoms. The van der Waals surface area contributed by atoms with E-state index in [1.807, 2.05) is 0 Å². The summed E-state index contributed by atoms with van der Waals surface area (Å²) in [5.41, 5.74) is 1.01. The zero-order chi connectivity index (χ0) is 12.7. The number of pyridine rings is 1. The maximum atomic E-state index is 12.2. The van der Waals surface area contributed by atoms with Crippen LogP contribution in [-0.2, 0) is 0 Å². The van der Waals surface area contributed by atoms with E-state index in [0.29, 0.717) is 17.3 Å². The Kier molecular flexibility index (Phi) is 3.61. The third-order valence-electron chi connectivity index (χ3n) is 2.41. The van der Waals surface area contributed by atoms with Crippen LogP contribution in [0.15, 0.2) is 29.3 Å². The molecule has 0 N–H and O–H groups in total. The van der Waals surface area contributed by atoms with Crippen LogP contribution in [0.25, 0.3) is 17.0 Å². The molecule has 0 saturated heterocycles. The fourth-order valence-corrected chi connectivity index (χ4v) is 1.59. The molecule has 0 fully saturated rings. The third-order valence-corrected chi connectivity index (χ3v) is 2.41. The molecule has 0 saturated carbocycles. The SMILES string of the molecule is [2H]c1ccn2c(=O)c(-c3nnn[n-]3)cnc2c1C.[K+]. The number of nitrogens with zero attached hydrogens (tertiary/aromatic N) is 6. The summed E-state index contributed by atoms with van der Waals surface area (Å²) in [7, 11) is 0. The number of fused-ring (bicyclic) bond motifs is 1. The Balaban J connectivity index is 0.00000133. The van der Waals surface area contributed by atoms with Crippen LogP contribution in [0.4, 0.5) is 0 Å². The molecule has 0 spiro atoms. The Morgan fingerprint density at radius 1 is 1.50 bits per heavy atom. The molecule has 18 heavy (non-hydrogen) atoms. The Morgan fingerprint density at radius 2 is 2.33 bits per heavy atom. The smallest absolute Gasteiger partial charge is 0.330 e. The summed E-state index contributed by atoms with van der Waals surface area (Å²) in [6, 6.07) is 1.87. The predicted octanol–water partition coefficient (Wildman–Crippen LogP) is -3.18. The van der Waals surface area contributed by atoms with Crippen LogP contribution in [-0.4, -0.2) is 24.9 Å². The fraction of sp³-hybridized carbons (Fsp3) is 0.100. The van der Waals surface area contributed by atoms with Crippen molar-refractivity contribution in [1.82, 2.24) is 30.0 Å². The van der Waals surface area contributed by atoms with E-state index in [-0.39, 0.29) is 68.3 Å². The molecule has 3 heterocycles. The second-order valence-corrected chi connectivity index (χ2v) is 3.46. The summed E-state index contributed by atoms with van der Waals surface area (Å²) in [4.78, 5) is 16.4. The van der Waals surface area contributed by atoms with Crippen LogP contribution >= 0.6 is 0 Å². The topological polar surface area (TPSA) is 87.1 Å². The average Bonchev–Trinajstić information content (AvgIpc) is 2.88. The normalized spacial score (nSPS) is 11.1. The van der Waals surface area contributed by atoms with Gasteiger partial charge >= 0.3 is 51.4 Å². The molecule has 84 valence electrons. The van der Waals surface area contributed by atoms with Gasteiger partial charge in [0.15, 0.2) is 0 Å². The monoisotopic (exact) mass is 267 g/mol. The first-order valence-electron chi connectivity index (χ1n) is 5.35. The Hall–Kier alpha value is -0.934. The van der Waals surface area contributed by atoms with Gasteiger partial charge in [-0.3, -0.25) is 19.5 Å². The summed E-state index contributed by atoms with van der Waals surface area (Å²) in [6.45, 7) is 1.74. The average molecular weight is 267 g/mol. The minimum absolute atomic E-state index is 0. The van der Waals surface area contributed by atoms with Gasteiger partial charge in [-0.2, -0.15) is 5.21 Å². The van der Waals surface area contributed by atoms with Crippen LogP contribution in [0.2, 0.25) is 0 Å². The van der Waals surface area contributed by atoms with Gasteiger partial charge in [-0.05, 0) is 18.6 Å². The van der Waals surface area contributed by atoms with E-state index in [9.17, 15) is 4.79 Å². The van der Waals surface area contributed by atoms with Crippen LogP contribution in [0.1, 0.15) is 6.93 Å². The molecule has 0 atom stereocenters. The molecular formula is C10H7KN6O.